The van der Waals surface area contributed by atoms with E-state index >= 15 is 0 Å². The van der Waals surface area contributed by atoms with Crippen molar-refractivity contribution in [2.75, 3.05) is 24.5 Å². The number of piperidine rings is 1. The number of benzene rings is 1. The topological polar surface area (TPSA) is 40.6 Å². The number of hydrogen-bond donors (Lipinski definition) is 0. The Morgan fingerprint density at radius 1 is 1.22 bits per heavy atom. The standard InChI is InChI=1S/C19H28N2O2/c1-14-6-5-8-20(13-14)19(23)7-9-21(17(4)22)18-11-15(2)10-16(3)12-18/h10-12,14H,5-9,13H2,1-4H3. The fraction of sp³-hybridized carbons (Fsp3) is 0.579. The van der Waals surface area contributed by atoms with E-state index in [1.807, 2.05) is 30.9 Å². The molecule has 0 N–H and O–H groups in total. The summed E-state index contributed by atoms with van der Waals surface area (Å²) in [5.41, 5.74) is 3.14. The molecule has 1 saturated heterocycles. The molecule has 0 saturated carbocycles. The van der Waals surface area contributed by atoms with Crippen molar-refractivity contribution < 1.29 is 9.59 Å². The van der Waals surface area contributed by atoms with Gasteiger partial charge >= 0.3 is 0 Å². The Morgan fingerprint density at radius 2 is 1.87 bits per heavy atom. The van der Waals surface area contributed by atoms with Crippen LogP contribution in [-0.4, -0.2) is 36.3 Å². The fourth-order valence-electron chi connectivity index (χ4n) is 3.36. The minimum Gasteiger partial charge on any atom is -0.342 e. The van der Waals surface area contributed by atoms with Crippen LogP contribution in [-0.2, 0) is 9.59 Å². The number of carbonyl (C=O) groups excluding carboxylic acids is 2. The van der Waals surface area contributed by atoms with E-state index in [1.165, 1.54) is 6.42 Å². The normalized spacial score (nSPS) is 17.9. The first-order valence-electron chi connectivity index (χ1n) is 8.51. The summed E-state index contributed by atoms with van der Waals surface area (Å²) in [5, 5.41) is 0. The highest BCUT2D eigenvalue weighted by molar-refractivity contribution is 5.92. The van der Waals surface area contributed by atoms with E-state index < -0.39 is 0 Å². The van der Waals surface area contributed by atoms with Crippen LogP contribution in [0.5, 0.6) is 0 Å². The maximum Gasteiger partial charge on any atom is 0.224 e. The Morgan fingerprint density at radius 3 is 2.43 bits per heavy atom. The van der Waals surface area contributed by atoms with Crippen molar-refractivity contribution in [3.05, 3.63) is 29.3 Å². The van der Waals surface area contributed by atoms with Crippen LogP contribution in [0.1, 0.15) is 44.2 Å². The van der Waals surface area contributed by atoms with Gasteiger partial charge in [0, 0.05) is 38.7 Å². The quantitative estimate of drug-likeness (QED) is 0.855. The highest BCUT2D eigenvalue weighted by atomic mass is 16.2. The van der Waals surface area contributed by atoms with E-state index in [2.05, 4.69) is 13.0 Å². The zero-order chi connectivity index (χ0) is 17.0. The van der Waals surface area contributed by atoms with E-state index in [9.17, 15) is 9.59 Å². The Labute approximate surface area is 139 Å². The van der Waals surface area contributed by atoms with Gasteiger partial charge in [-0.3, -0.25) is 9.59 Å². The van der Waals surface area contributed by atoms with Gasteiger partial charge in [0.05, 0.1) is 0 Å². The second-order valence-electron chi connectivity index (χ2n) is 6.85. The number of amides is 2. The second kappa shape index (κ2) is 7.62. The van der Waals surface area contributed by atoms with E-state index in [0.717, 1.165) is 36.3 Å². The molecule has 23 heavy (non-hydrogen) atoms. The summed E-state index contributed by atoms with van der Waals surface area (Å²) in [6.45, 7) is 9.95. The number of aryl methyl sites for hydroxylation is 2. The van der Waals surface area contributed by atoms with Crippen molar-refractivity contribution in [2.24, 2.45) is 5.92 Å². The smallest absolute Gasteiger partial charge is 0.224 e. The molecule has 2 amide bonds. The fourth-order valence-corrected chi connectivity index (χ4v) is 3.36. The third-order valence-corrected chi connectivity index (χ3v) is 4.46. The molecule has 1 aromatic carbocycles. The highest BCUT2D eigenvalue weighted by Crippen LogP contribution is 2.20. The molecule has 0 aliphatic carbocycles. The molecule has 1 atom stereocenters. The van der Waals surface area contributed by atoms with Gasteiger partial charge in [0.2, 0.25) is 11.8 Å². The summed E-state index contributed by atoms with van der Waals surface area (Å²) in [5.74, 6) is 0.720. The van der Waals surface area contributed by atoms with Crippen LogP contribution in [0.4, 0.5) is 5.69 Å². The first-order chi connectivity index (χ1) is 10.9. The highest BCUT2D eigenvalue weighted by Gasteiger charge is 2.22. The first kappa shape index (κ1) is 17.5. The number of anilines is 1. The molecule has 1 fully saturated rings. The molecule has 1 aliphatic rings. The van der Waals surface area contributed by atoms with Gasteiger partial charge < -0.3 is 9.80 Å². The summed E-state index contributed by atoms with van der Waals surface area (Å²) in [4.78, 5) is 28.1. The summed E-state index contributed by atoms with van der Waals surface area (Å²) in [6, 6.07) is 6.09. The zero-order valence-electron chi connectivity index (χ0n) is 14.8. The van der Waals surface area contributed by atoms with Gasteiger partial charge in [-0.2, -0.15) is 0 Å². The SMILES string of the molecule is CC(=O)N(CCC(=O)N1CCCC(C)C1)c1cc(C)cc(C)c1. The van der Waals surface area contributed by atoms with Crippen LogP contribution in [0.25, 0.3) is 0 Å². The Kier molecular flexibility index (Phi) is 5.80. The molecule has 4 heteroatoms. The Hall–Kier alpha value is -1.84. The summed E-state index contributed by atoms with van der Waals surface area (Å²) < 4.78 is 0. The van der Waals surface area contributed by atoms with Gasteiger partial charge in [0.1, 0.15) is 0 Å². The molecule has 4 nitrogen and oxygen atoms in total. The minimum absolute atomic E-state index is 0.0187. The lowest BCUT2D eigenvalue weighted by molar-refractivity contribution is -0.132. The molecule has 2 rings (SSSR count). The largest absolute Gasteiger partial charge is 0.342 e. The van der Waals surface area contributed by atoms with Crippen LogP contribution in [0.3, 0.4) is 0 Å². The van der Waals surface area contributed by atoms with Crippen LogP contribution < -0.4 is 4.90 Å². The van der Waals surface area contributed by atoms with E-state index in [-0.39, 0.29) is 11.8 Å². The van der Waals surface area contributed by atoms with E-state index in [1.54, 1.807) is 11.8 Å². The van der Waals surface area contributed by atoms with Crippen molar-refractivity contribution in [1.82, 2.24) is 4.90 Å². The Balaban J connectivity index is 2.02. The number of likely N-dealkylation sites (tertiary alicyclic amines) is 1. The number of nitrogens with zero attached hydrogens (tertiary/aromatic N) is 2. The zero-order valence-corrected chi connectivity index (χ0v) is 14.8. The van der Waals surface area contributed by atoms with Gasteiger partial charge in [-0.05, 0) is 55.9 Å². The monoisotopic (exact) mass is 316 g/mol. The lowest BCUT2D eigenvalue weighted by atomic mass is 10.00. The van der Waals surface area contributed by atoms with Crippen LogP contribution >= 0.6 is 0 Å². The number of carbonyl (C=O) groups is 2. The predicted molar refractivity (Wildman–Crippen MR) is 93.5 cm³/mol. The van der Waals surface area contributed by atoms with Crippen molar-refractivity contribution in [3.63, 3.8) is 0 Å². The van der Waals surface area contributed by atoms with Gasteiger partial charge in [-0.1, -0.05) is 13.0 Å². The molecule has 1 heterocycles. The van der Waals surface area contributed by atoms with Crippen LogP contribution in [0.2, 0.25) is 0 Å². The van der Waals surface area contributed by atoms with Gasteiger partial charge in [0.15, 0.2) is 0 Å². The predicted octanol–water partition coefficient (Wildman–Crippen LogP) is 3.30. The van der Waals surface area contributed by atoms with E-state index in [0.29, 0.717) is 18.9 Å². The third kappa shape index (κ3) is 4.81. The lowest BCUT2D eigenvalue weighted by Crippen LogP contribution is -2.41. The van der Waals surface area contributed by atoms with Gasteiger partial charge in [-0.15, -0.1) is 0 Å². The molecule has 126 valence electrons. The van der Waals surface area contributed by atoms with Gasteiger partial charge in [0.25, 0.3) is 0 Å². The maximum atomic E-state index is 12.4. The second-order valence-corrected chi connectivity index (χ2v) is 6.85. The van der Waals surface area contributed by atoms with Crippen LogP contribution in [0.15, 0.2) is 18.2 Å². The molecule has 0 aromatic heterocycles. The van der Waals surface area contributed by atoms with Crippen molar-refractivity contribution in [1.29, 1.82) is 0 Å². The Bertz CT molecular complexity index is 562. The number of hydrogen-bond acceptors (Lipinski definition) is 2. The van der Waals surface area contributed by atoms with Gasteiger partial charge in [-0.25, -0.2) is 0 Å². The summed E-state index contributed by atoms with van der Waals surface area (Å²) in [7, 11) is 0. The average Bonchev–Trinajstić information content (AvgIpc) is 2.46. The number of rotatable bonds is 4. The first-order valence-corrected chi connectivity index (χ1v) is 8.51. The molecule has 0 bridgehead atoms. The average molecular weight is 316 g/mol. The van der Waals surface area contributed by atoms with Crippen molar-refractivity contribution >= 4 is 17.5 Å². The molecule has 1 aliphatic heterocycles. The van der Waals surface area contributed by atoms with Crippen molar-refractivity contribution in [3.8, 4) is 0 Å². The third-order valence-electron chi connectivity index (χ3n) is 4.46. The van der Waals surface area contributed by atoms with Crippen LogP contribution in [0, 0.1) is 19.8 Å². The maximum absolute atomic E-state index is 12.4. The summed E-state index contributed by atoms with van der Waals surface area (Å²) in [6.07, 6.45) is 2.67. The van der Waals surface area contributed by atoms with E-state index in [4.69, 9.17) is 0 Å². The molecular formula is C19H28N2O2. The van der Waals surface area contributed by atoms with Crippen molar-refractivity contribution in [2.45, 2.75) is 47.0 Å². The minimum atomic E-state index is -0.0187. The molecule has 0 spiro atoms. The molecule has 1 unspecified atom stereocenters. The summed E-state index contributed by atoms with van der Waals surface area (Å²) >= 11 is 0. The lowest BCUT2D eigenvalue weighted by Gasteiger charge is -2.31. The molecule has 1 aromatic rings. The molecular weight excluding hydrogens is 288 g/mol. The molecule has 0 radical (unpaired) electrons.